The molecule has 0 spiro atoms. The quantitative estimate of drug-likeness (QED) is 0.164. The maximum Gasteiger partial charge on any atom is 0.260 e. The fourth-order valence-electron chi connectivity index (χ4n) is 6.21. The number of nitrogens with zero attached hydrogens (tertiary/aromatic N) is 2. The van der Waals surface area contributed by atoms with E-state index < -0.39 is 11.6 Å². The average Bonchev–Trinajstić information content (AvgIpc) is 3.08. The van der Waals surface area contributed by atoms with Gasteiger partial charge in [-0.25, -0.2) is 0 Å². The van der Waals surface area contributed by atoms with Gasteiger partial charge in [-0.2, -0.15) is 0 Å². The molecule has 1 fully saturated rings. The third kappa shape index (κ3) is 5.33. The highest BCUT2D eigenvalue weighted by molar-refractivity contribution is 6.13. The van der Waals surface area contributed by atoms with Gasteiger partial charge in [0.15, 0.2) is 5.54 Å². The second-order valence-electron chi connectivity index (χ2n) is 11.4. The lowest BCUT2D eigenvalue weighted by atomic mass is 9.68. The minimum Gasteiger partial charge on any atom is -0.497 e. The normalized spacial score (nSPS) is 17.4. The molecule has 1 saturated heterocycles. The molecule has 1 aliphatic rings. The predicted octanol–water partition coefficient (Wildman–Crippen LogP) is 7.65. The SMILES string of the molecule is COc1ccc([C@H]2N(c3ccc(OC)cc3)C(=O)[C@@]2(c2ccc(C)cc2)N(Cc2ccccc2)C(=O)c2ccc(C)cc2)cc1. The van der Waals surface area contributed by atoms with Gasteiger partial charge in [0.1, 0.15) is 11.5 Å². The number of anilines is 1. The second-order valence-corrected chi connectivity index (χ2v) is 11.4. The number of hydrogen-bond donors (Lipinski definition) is 0. The van der Waals surface area contributed by atoms with Crippen LogP contribution in [0.2, 0.25) is 0 Å². The Kier molecular flexibility index (Phi) is 8.14. The third-order valence-electron chi connectivity index (χ3n) is 8.63. The molecule has 0 unspecified atom stereocenters. The molecule has 226 valence electrons. The second kappa shape index (κ2) is 12.3. The van der Waals surface area contributed by atoms with E-state index in [-0.39, 0.29) is 18.4 Å². The summed E-state index contributed by atoms with van der Waals surface area (Å²) in [4.78, 5) is 33.5. The van der Waals surface area contributed by atoms with Crippen molar-refractivity contribution in [3.8, 4) is 11.5 Å². The monoisotopic (exact) mass is 596 g/mol. The molecule has 1 aliphatic heterocycles. The fourth-order valence-corrected chi connectivity index (χ4v) is 6.21. The number of carbonyl (C=O) groups is 2. The van der Waals surface area contributed by atoms with Gasteiger partial charge >= 0.3 is 0 Å². The third-order valence-corrected chi connectivity index (χ3v) is 8.63. The van der Waals surface area contributed by atoms with Crippen LogP contribution in [-0.2, 0) is 16.9 Å². The molecule has 0 aliphatic carbocycles. The summed E-state index contributed by atoms with van der Waals surface area (Å²) in [6.07, 6.45) is 0. The lowest BCUT2D eigenvalue weighted by molar-refractivity contribution is -0.143. The molecule has 45 heavy (non-hydrogen) atoms. The van der Waals surface area contributed by atoms with E-state index in [2.05, 4.69) is 0 Å². The van der Waals surface area contributed by atoms with E-state index in [1.54, 1.807) is 24.0 Å². The summed E-state index contributed by atoms with van der Waals surface area (Å²) >= 11 is 0. The minimum atomic E-state index is -1.36. The molecule has 5 aromatic rings. The van der Waals surface area contributed by atoms with Crippen molar-refractivity contribution in [1.29, 1.82) is 0 Å². The summed E-state index contributed by atoms with van der Waals surface area (Å²) in [5.41, 5.74) is 4.54. The molecule has 6 heteroatoms. The standard InChI is InChI=1S/C39H36N2O4/c1-27-10-14-31(15-11-27)37(42)40(26-29-8-6-5-7-9-29)39(32-18-12-28(2)13-19-32)36(30-16-22-34(44-3)23-17-30)41(38(39)43)33-20-24-35(45-4)25-21-33/h5-25,36H,26H2,1-4H3/t36-,39+/m1/s1. The van der Waals surface area contributed by atoms with Gasteiger partial charge in [-0.1, -0.05) is 90.0 Å². The highest BCUT2D eigenvalue weighted by Gasteiger charge is 2.67. The number of benzene rings is 5. The molecule has 0 aromatic heterocycles. The Hall–Kier alpha value is -5.36. The lowest BCUT2D eigenvalue weighted by Gasteiger charge is -2.60. The average molecular weight is 597 g/mol. The van der Waals surface area contributed by atoms with Crippen molar-refractivity contribution in [2.24, 2.45) is 0 Å². The van der Waals surface area contributed by atoms with Crippen molar-refractivity contribution >= 4 is 17.5 Å². The van der Waals surface area contributed by atoms with E-state index in [1.165, 1.54) is 0 Å². The van der Waals surface area contributed by atoms with Crippen LogP contribution in [0.5, 0.6) is 11.5 Å². The van der Waals surface area contributed by atoms with Gasteiger partial charge in [0.25, 0.3) is 11.8 Å². The molecule has 6 nitrogen and oxygen atoms in total. The number of hydrogen-bond acceptors (Lipinski definition) is 4. The number of carbonyl (C=O) groups excluding carboxylic acids is 2. The Morgan fingerprint density at radius 2 is 1.24 bits per heavy atom. The van der Waals surface area contributed by atoms with Crippen LogP contribution in [0.15, 0.2) is 127 Å². The molecule has 5 aromatic carbocycles. The van der Waals surface area contributed by atoms with Gasteiger partial charge in [-0.3, -0.25) is 14.5 Å². The van der Waals surface area contributed by atoms with Gasteiger partial charge in [0.2, 0.25) is 0 Å². The molecule has 0 bridgehead atoms. The van der Waals surface area contributed by atoms with Crippen molar-refractivity contribution in [3.05, 3.63) is 161 Å². The van der Waals surface area contributed by atoms with Gasteiger partial charge in [0, 0.05) is 17.8 Å². The number of amides is 2. The number of β-lactam (4-membered cyclic amide) rings is 1. The maximum atomic E-state index is 15.1. The number of aryl methyl sites for hydroxylation is 2. The van der Waals surface area contributed by atoms with Crippen molar-refractivity contribution in [2.75, 3.05) is 19.1 Å². The van der Waals surface area contributed by atoms with Crippen LogP contribution in [0.4, 0.5) is 5.69 Å². The molecule has 1 heterocycles. The smallest absolute Gasteiger partial charge is 0.260 e. The van der Waals surface area contributed by atoms with Gasteiger partial charge < -0.3 is 14.4 Å². The van der Waals surface area contributed by atoms with Crippen LogP contribution in [0.3, 0.4) is 0 Å². The van der Waals surface area contributed by atoms with Crippen molar-refractivity contribution in [3.63, 3.8) is 0 Å². The van der Waals surface area contributed by atoms with Crippen LogP contribution in [0, 0.1) is 13.8 Å². The van der Waals surface area contributed by atoms with Gasteiger partial charge in [0.05, 0.1) is 20.3 Å². The lowest BCUT2D eigenvalue weighted by Crippen LogP contribution is -2.74. The van der Waals surface area contributed by atoms with Crippen LogP contribution in [0.1, 0.15) is 44.2 Å². The Bertz CT molecular complexity index is 1780. The Labute approximate surface area is 264 Å². The van der Waals surface area contributed by atoms with E-state index in [0.717, 1.165) is 27.8 Å². The highest BCUT2D eigenvalue weighted by Crippen LogP contribution is 2.56. The zero-order valence-corrected chi connectivity index (χ0v) is 25.9. The number of ether oxygens (including phenoxy) is 2. The topological polar surface area (TPSA) is 59.1 Å². The predicted molar refractivity (Wildman–Crippen MR) is 177 cm³/mol. The van der Waals surface area contributed by atoms with Crippen molar-refractivity contribution < 1.29 is 19.1 Å². The van der Waals surface area contributed by atoms with Gasteiger partial charge in [-0.15, -0.1) is 0 Å². The molecule has 0 radical (unpaired) electrons. The Morgan fingerprint density at radius 3 is 1.80 bits per heavy atom. The zero-order valence-electron chi connectivity index (χ0n) is 25.9. The first-order chi connectivity index (χ1) is 21.9. The van der Waals surface area contributed by atoms with Crippen molar-refractivity contribution in [2.45, 2.75) is 32.0 Å². The summed E-state index contributed by atoms with van der Waals surface area (Å²) in [6, 6.07) is 40.0. The summed E-state index contributed by atoms with van der Waals surface area (Å²) < 4.78 is 10.9. The largest absolute Gasteiger partial charge is 0.497 e. The fraction of sp³-hybridized carbons (Fsp3) is 0.179. The van der Waals surface area contributed by atoms with Crippen LogP contribution >= 0.6 is 0 Å². The first-order valence-corrected chi connectivity index (χ1v) is 15.0. The van der Waals surface area contributed by atoms with E-state index in [9.17, 15) is 4.79 Å². The van der Waals surface area contributed by atoms with E-state index in [0.29, 0.717) is 22.7 Å². The van der Waals surface area contributed by atoms with Crippen LogP contribution in [-0.4, -0.2) is 30.9 Å². The first kappa shape index (κ1) is 29.7. The van der Waals surface area contributed by atoms with E-state index in [4.69, 9.17) is 9.47 Å². The molecular formula is C39H36N2O4. The number of methoxy groups -OCH3 is 2. The summed E-state index contributed by atoms with van der Waals surface area (Å²) in [7, 11) is 3.24. The molecule has 2 atom stereocenters. The molecule has 2 amide bonds. The van der Waals surface area contributed by atoms with Gasteiger partial charge in [-0.05, 0) is 79.1 Å². The number of rotatable bonds is 9. The van der Waals surface area contributed by atoms with E-state index >= 15 is 4.79 Å². The van der Waals surface area contributed by atoms with Crippen LogP contribution < -0.4 is 14.4 Å². The minimum absolute atomic E-state index is 0.186. The van der Waals surface area contributed by atoms with Crippen molar-refractivity contribution in [1.82, 2.24) is 4.90 Å². The van der Waals surface area contributed by atoms with E-state index in [1.807, 2.05) is 141 Å². The molecule has 6 rings (SSSR count). The zero-order chi connectivity index (χ0) is 31.6. The Morgan fingerprint density at radius 1 is 0.711 bits per heavy atom. The molecular weight excluding hydrogens is 560 g/mol. The van der Waals surface area contributed by atoms with Crippen LogP contribution in [0.25, 0.3) is 0 Å². The summed E-state index contributed by atoms with van der Waals surface area (Å²) in [5.74, 6) is 0.991. The first-order valence-electron chi connectivity index (χ1n) is 15.0. The molecule has 0 saturated carbocycles. The summed E-state index contributed by atoms with van der Waals surface area (Å²) in [6.45, 7) is 4.24. The Balaban J connectivity index is 1.62. The summed E-state index contributed by atoms with van der Waals surface area (Å²) in [5, 5.41) is 0. The highest BCUT2D eigenvalue weighted by atomic mass is 16.5. The molecule has 0 N–H and O–H groups in total. The maximum absolute atomic E-state index is 15.1.